The Morgan fingerprint density at radius 2 is 1.92 bits per heavy atom. The fourth-order valence-electron chi connectivity index (χ4n) is 1.20. The Morgan fingerprint density at radius 3 is 2.42 bits per heavy atom. The predicted molar refractivity (Wildman–Crippen MR) is 49.9 cm³/mol. The molecule has 0 amide bonds. The van der Waals surface area contributed by atoms with Gasteiger partial charge < -0.3 is 10.8 Å². The Balaban J connectivity index is 2.68. The van der Waals surface area contributed by atoms with Crippen molar-refractivity contribution in [3.63, 3.8) is 0 Å². The van der Waals surface area contributed by atoms with Gasteiger partial charge in [-0.1, -0.05) is 25.5 Å². The molecule has 0 bridgehead atoms. The summed E-state index contributed by atoms with van der Waals surface area (Å²) in [4.78, 5) is 0. The minimum absolute atomic E-state index is 0.107. The lowest BCUT2D eigenvalue weighted by Crippen LogP contribution is -2.09. The Labute approximate surface area is 73.0 Å². The number of rotatable bonds is 3. The number of nitrogens with two attached hydrogens (primary N) is 1. The molecule has 66 valence electrons. The van der Waals surface area contributed by atoms with E-state index in [1.165, 1.54) is 0 Å². The highest BCUT2D eigenvalue weighted by molar-refractivity contribution is 5.27. The number of benzene rings is 1. The van der Waals surface area contributed by atoms with Crippen LogP contribution < -0.4 is 5.73 Å². The van der Waals surface area contributed by atoms with Crippen molar-refractivity contribution in [3.8, 4) is 5.75 Å². The summed E-state index contributed by atoms with van der Waals surface area (Å²) in [6.07, 6.45) is 2.08. The molecule has 0 aromatic heterocycles. The lowest BCUT2D eigenvalue weighted by molar-refractivity contribution is 0.474. The van der Waals surface area contributed by atoms with Crippen molar-refractivity contribution in [2.24, 2.45) is 5.73 Å². The summed E-state index contributed by atoms with van der Waals surface area (Å²) in [5.41, 5.74) is 6.97. The number of hydrogen-bond donors (Lipinski definition) is 2. The van der Waals surface area contributed by atoms with Crippen LogP contribution in [0.15, 0.2) is 24.3 Å². The van der Waals surface area contributed by atoms with Gasteiger partial charge in [0.1, 0.15) is 5.75 Å². The second-order valence-corrected chi connectivity index (χ2v) is 2.99. The van der Waals surface area contributed by atoms with E-state index in [9.17, 15) is 0 Å². The molecule has 1 rings (SSSR count). The summed E-state index contributed by atoms with van der Waals surface area (Å²) in [7, 11) is 0. The fraction of sp³-hybridized carbons (Fsp3) is 0.400. The summed E-state index contributed by atoms with van der Waals surface area (Å²) in [6.45, 7) is 2.11. The Morgan fingerprint density at radius 1 is 1.33 bits per heavy atom. The quantitative estimate of drug-likeness (QED) is 0.721. The first-order valence-corrected chi connectivity index (χ1v) is 4.28. The average molecular weight is 165 g/mol. The molecule has 3 N–H and O–H groups in total. The SMILES string of the molecule is CCC[C@H](N)c1ccc(O)cc1. The summed E-state index contributed by atoms with van der Waals surface area (Å²) in [5.74, 6) is 0.294. The molecule has 0 unspecified atom stereocenters. The molecule has 2 nitrogen and oxygen atoms in total. The molecule has 0 aliphatic rings. The first-order valence-electron chi connectivity index (χ1n) is 4.28. The Hall–Kier alpha value is -1.02. The third-order valence-electron chi connectivity index (χ3n) is 1.92. The van der Waals surface area contributed by atoms with E-state index < -0.39 is 0 Å². The van der Waals surface area contributed by atoms with Crippen LogP contribution >= 0.6 is 0 Å². The van der Waals surface area contributed by atoms with Crippen LogP contribution in [0, 0.1) is 0 Å². The standard InChI is InChI=1S/C10H15NO/c1-2-3-10(11)8-4-6-9(12)7-5-8/h4-7,10,12H,2-3,11H2,1H3/t10-/m0/s1. The van der Waals surface area contributed by atoms with Gasteiger partial charge in [-0.15, -0.1) is 0 Å². The van der Waals surface area contributed by atoms with Gasteiger partial charge in [-0.05, 0) is 24.1 Å². The van der Waals surface area contributed by atoms with E-state index in [4.69, 9.17) is 10.8 Å². The van der Waals surface area contributed by atoms with Crippen molar-refractivity contribution in [3.05, 3.63) is 29.8 Å². The number of aromatic hydroxyl groups is 1. The van der Waals surface area contributed by atoms with Crippen LogP contribution in [0.4, 0.5) is 0 Å². The molecule has 1 aromatic carbocycles. The average Bonchev–Trinajstić information content (AvgIpc) is 2.06. The van der Waals surface area contributed by atoms with E-state index in [1.807, 2.05) is 12.1 Å². The van der Waals surface area contributed by atoms with Gasteiger partial charge in [-0.2, -0.15) is 0 Å². The predicted octanol–water partition coefficient (Wildman–Crippen LogP) is 2.19. The zero-order chi connectivity index (χ0) is 8.97. The van der Waals surface area contributed by atoms with E-state index in [1.54, 1.807) is 12.1 Å². The van der Waals surface area contributed by atoms with E-state index in [-0.39, 0.29) is 6.04 Å². The zero-order valence-corrected chi connectivity index (χ0v) is 7.33. The Bertz CT molecular complexity index is 230. The highest BCUT2D eigenvalue weighted by atomic mass is 16.3. The number of hydrogen-bond acceptors (Lipinski definition) is 2. The summed E-state index contributed by atoms with van der Waals surface area (Å²) in [5, 5.41) is 9.03. The largest absolute Gasteiger partial charge is 0.508 e. The van der Waals surface area contributed by atoms with E-state index >= 15 is 0 Å². The van der Waals surface area contributed by atoms with Gasteiger partial charge in [-0.3, -0.25) is 0 Å². The topological polar surface area (TPSA) is 46.2 Å². The molecule has 1 atom stereocenters. The molecule has 2 heteroatoms. The summed E-state index contributed by atoms with van der Waals surface area (Å²) in [6, 6.07) is 7.19. The molecule has 0 saturated heterocycles. The van der Waals surface area contributed by atoms with E-state index in [0.717, 1.165) is 18.4 Å². The van der Waals surface area contributed by atoms with Crippen LogP contribution in [0.25, 0.3) is 0 Å². The lowest BCUT2D eigenvalue weighted by Gasteiger charge is -2.09. The maximum Gasteiger partial charge on any atom is 0.115 e. The monoisotopic (exact) mass is 165 g/mol. The van der Waals surface area contributed by atoms with Crippen LogP contribution in [-0.4, -0.2) is 5.11 Å². The smallest absolute Gasteiger partial charge is 0.115 e. The van der Waals surface area contributed by atoms with Crippen molar-refractivity contribution >= 4 is 0 Å². The van der Waals surface area contributed by atoms with Crippen molar-refractivity contribution in [1.82, 2.24) is 0 Å². The van der Waals surface area contributed by atoms with Crippen molar-refractivity contribution in [2.45, 2.75) is 25.8 Å². The van der Waals surface area contributed by atoms with Gasteiger partial charge in [0.05, 0.1) is 0 Å². The highest BCUT2D eigenvalue weighted by Crippen LogP contribution is 2.18. The normalized spacial score (nSPS) is 12.8. The molecule has 0 saturated carbocycles. The molecule has 0 heterocycles. The maximum atomic E-state index is 9.03. The van der Waals surface area contributed by atoms with Gasteiger partial charge >= 0.3 is 0 Å². The lowest BCUT2D eigenvalue weighted by atomic mass is 10.0. The van der Waals surface area contributed by atoms with Gasteiger partial charge in [0.15, 0.2) is 0 Å². The first-order chi connectivity index (χ1) is 5.74. The molecule has 0 spiro atoms. The van der Waals surface area contributed by atoms with Gasteiger partial charge in [0, 0.05) is 6.04 Å². The Kier molecular flexibility index (Phi) is 3.11. The molecular formula is C10H15NO. The highest BCUT2D eigenvalue weighted by Gasteiger charge is 2.03. The summed E-state index contributed by atoms with van der Waals surface area (Å²) < 4.78 is 0. The zero-order valence-electron chi connectivity index (χ0n) is 7.33. The number of phenolic OH excluding ortho intramolecular Hbond substituents is 1. The molecule has 0 fully saturated rings. The van der Waals surface area contributed by atoms with Crippen LogP contribution in [-0.2, 0) is 0 Å². The van der Waals surface area contributed by atoms with Crippen molar-refractivity contribution in [1.29, 1.82) is 0 Å². The molecular weight excluding hydrogens is 150 g/mol. The first kappa shape index (κ1) is 9.07. The number of phenols is 1. The van der Waals surface area contributed by atoms with Gasteiger partial charge in [0.2, 0.25) is 0 Å². The molecule has 0 radical (unpaired) electrons. The maximum absolute atomic E-state index is 9.03. The fourth-order valence-corrected chi connectivity index (χ4v) is 1.20. The van der Waals surface area contributed by atoms with E-state index in [2.05, 4.69) is 6.92 Å². The van der Waals surface area contributed by atoms with Crippen molar-refractivity contribution in [2.75, 3.05) is 0 Å². The second-order valence-electron chi connectivity index (χ2n) is 2.99. The summed E-state index contributed by atoms with van der Waals surface area (Å²) >= 11 is 0. The molecule has 12 heavy (non-hydrogen) atoms. The minimum Gasteiger partial charge on any atom is -0.508 e. The third kappa shape index (κ3) is 2.24. The van der Waals surface area contributed by atoms with Crippen molar-refractivity contribution < 1.29 is 5.11 Å². The molecule has 1 aromatic rings. The van der Waals surface area contributed by atoms with E-state index in [0.29, 0.717) is 5.75 Å². The van der Waals surface area contributed by atoms with Crippen LogP contribution in [0.3, 0.4) is 0 Å². The van der Waals surface area contributed by atoms with Crippen LogP contribution in [0.2, 0.25) is 0 Å². The third-order valence-corrected chi connectivity index (χ3v) is 1.92. The van der Waals surface area contributed by atoms with Gasteiger partial charge in [0.25, 0.3) is 0 Å². The molecule has 0 aliphatic carbocycles. The molecule has 0 aliphatic heterocycles. The van der Waals surface area contributed by atoms with Crippen LogP contribution in [0.5, 0.6) is 5.75 Å². The minimum atomic E-state index is 0.107. The second kappa shape index (κ2) is 4.12. The van der Waals surface area contributed by atoms with Gasteiger partial charge in [-0.25, -0.2) is 0 Å². The van der Waals surface area contributed by atoms with Crippen LogP contribution in [0.1, 0.15) is 31.4 Å².